The number of nitrogens with one attached hydrogen (secondary N) is 1. The number of halogens is 1. The Balaban J connectivity index is 1.70. The van der Waals surface area contributed by atoms with E-state index in [9.17, 15) is 13.2 Å². The zero-order valence-corrected chi connectivity index (χ0v) is 15.7. The van der Waals surface area contributed by atoms with Gasteiger partial charge < -0.3 is 14.8 Å². The van der Waals surface area contributed by atoms with Crippen LogP contribution in [0.15, 0.2) is 36.4 Å². The van der Waals surface area contributed by atoms with Crippen LogP contribution in [0.3, 0.4) is 0 Å². The highest BCUT2D eigenvalue weighted by Gasteiger charge is 2.17. The summed E-state index contributed by atoms with van der Waals surface area (Å²) in [4.78, 5) is 12.4. The van der Waals surface area contributed by atoms with Crippen molar-refractivity contribution in [1.29, 1.82) is 0 Å². The van der Waals surface area contributed by atoms with Crippen LogP contribution >= 0.6 is 11.6 Å². The normalized spacial score (nSPS) is 12.7. The van der Waals surface area contributed by atoms with Crippen LogP contribution in [0.1, 0.15) is 15.9 Å². The highest BCUT2D eigenvalue weighted by Crippen LogP contribution is 2.32. The molecule has 9 heteroatoms. The molecule has 1 aliphatic heterocycles. The van der Waals surface area contributed by atoms with Crippen molar-refractivity contribution in [3.05, 3.63) is 52.5 Å². The second-order valence-electron chi connectivity index (χ2n) is 5.76. The van der Waals surface area contributed by atoms with Gasteiger partial charge in [-0.1, -0.05) is 17.7 Å². The number of fused-ring (bicyclic) bond motifs is 1. The van der Waals surface area contributed by atoms with Crippen molar-refractivity contribution in [2.24, 2.45) is 0 Å². The van der Waals surface area contributed by atoms with Crippen LogP contribution in [0.2, 0.25) is 5.02 Å². The predicted molar refractivity (Wildman–Crippen MR) is 98.4 cm³/mol. The number of nitrogens with zero attached hydrogens (tertiary/aromatic N) is 1. The molecule has 0 saturated carbocycles. The Morgan fingerprint density at radius 3 is 2.62 bits per heavy atom. The predicted octanol–water partition coefficient (Wildman–Crippen LogP) is 2.39. The van der Waals surface area contributed by atoms with E-state index in [0.717, 1.165) is 16.1 Å². The van der Waals surface area contributed by atoms with Crippen LogP contribution < -0.4 is 19.1 Å². The molecular formula is C17H17ClN2O5S. The molecule has 0 bridgehead atoms. The van der Waals surface area contributed by atoms with E-state index in [0.29, 0.717) is 17.2 Å². The summed E-state index contributed by atoms with van der Waals surface area (Å²) in [6.07, 6.45) is 1.09. The molecule has 7 nitrogen and oxygen atoms in total. The summed E-state index contributed by atoms with van der Waals surface area (Å²) in [7, 11) is -1.99. The first-order valence-corrected chi connectivity index (χ1v) is 9.88. The number of hydrogen-bond donors (Lipinski definition) is 1. The quantitative estimate of drug-likeness (QED) is 0.838. The second-order valence-corrected chi connectivity index (χ2v) is 8.19. The number of carbonyl (C=O) groups excluding carboxylic acids is 1. The lowest BCUT2D eigenvalue weighted by molar-refractivity contribution is 0.0951. The lowest BCUT2D eigenvalue weighted by Crippen LogP contribution is -2.26. The van der Waals surface area contributed by atoms with Gasteiger partial charge in [0.25, 0.3) is 5.91 Å². The molecule has 2 aromatic rings. The minimum absolute atomic E-state index is 0.168. The molecule has 0 saturated heterocycles. The summed E-state index contributed by atoms with van der Waals surface area (Å²) in [6, 6.07) is 9.88. The molecule has 0 spiro atoms. The zero-order valence-electron chi connectivity index (χ0n) is 14.2. The van der Waals surface area contributed by atoms with E-state index in [2.05, 4.69) is 5.32 Å². The first kappa shape index (κ1) is 18.3. The van der Waals surface area contributed by atoms with Gasteiger partial charge in [-0.3, -0.25) is 9.10 Å². The molecule has 3 rings (SSSR count). The van der Waals surface area contributed by atoms with Crippen LogP contribution in [-0.2, 0) is 16.6 Å². The monoisotopic (exact) mass is 396 g/mol. The first-order valence-electron chi connectivity index (χ1n) is 7.66. The molecule has 0 aliphatic carbocycles. The maximum atomic E-state index is 12.4. The fourth-order valence-electron chi connectivity index (χ4n) is 2.40. The largest absolute Gasteiger partial charge is 0.454 e. The van der Waals surface area contributed by atoms with Crippen LogP contribution in [0, 0.1) is 0 Å². The third kappa shape index (κ3) is 3.86. The van der Waals surface area contributed by atoms with Crippen molar-refractivity contribution in [3.8, 4) is 11.5 Å². The van der Waals surface area contributed by atoms with Gasteiger partial charge in [-0.05, 0) is 35.9 Å². The summed E-state index contributed by atoms with van der Waals surface area (Å²) >= 11 is 6.16. The number of carbonyl (C=O) groups is 1. The van der Waals surface area contributed by atoms with Crippen LogP contribution in [-0.4, -0.2) is 34.4 Å². The van der Waals surface area contributed by atoms with Crippen molar-refractivity contribution in [3.63, 3.8) is 0 Å². The number of amides is 1. The van der Waals surface area contributed by atoms with Crippen LogP contribution in [0.4, 0.5) is 5.69 Å². The Labute approximate surface area is 156 Å². The van der Waals surface area contributed by atoms with E-state index in [-0.39, 0.29) is 29.8 Å². The molecule has 1 N–H and O–H groups in total. The average molecular weight is 397 g/mol. The van der Waals surface area contributed by atoms with Gasteiger partial charge in [-0.25, -0.2) is 8.42 Å². The van der Waals surface area contributed by atoms with Gasteiger partial charge in [0.1, 0.15) is 0 Å². The molecule has 1 heterocycles. The van der Waals surface area contributed by atoms with E-state index in [1.165, 1.54) is 25.2 Å². The summed E-state index contributed by atoms with van der Waals surface area (Å²) in [5.41, 5.74) is 1.50. The third-order valence-corrected chi connectivity index (χ3v) is 5.47. The van der Waals surface area contributed by atoms with Crippen LogP contribution in [0.5, 0.6) is 11.5 Å². The van der Waals surface area contributed by atoms with E-state index < -0.39 is 10.0 Å². The van der Waals surface area contributed by atoms with Crippen molar-refractivity contribution in [2.45, 2.75) is 6.54 Å². The third-order valence-electron chi connectivity index (χ3n) is 3.95. The molecule has 1 aliphatic rings. The highest BCUT2D eigenvalue weighted by atomic mass is 35.5. The minimum atomic E-state index is -3.41. The first-order chi connectivity index (χ1) is 12.3. The van der Waals surface area contributed by atoms with Crippen molar-refractivity contribution in [1.82, 2.24) is 5.32 Å². The van der Waals surface area contributed by atoms with E-state index in [1.807, 2.05) is 6.07 Å². The van der Waals surface area contributed by atoms with E-state index >= 15 is 0 Å². The molecule has 0 fully saturated rings. The average Bonchev–Trinajstić information content (AvgIpc) is 3.05. The lowest BCUT2D eigenvalue weighted by atomic mass is 10.1. The second kappa shape index (κ2) is 7.05. The fourth-order valence-corrected chi connectivity index (χ4v) is 3.16. The van der Waals surface area contributed by atoms with E-state index in [4.69, 9.17) is 21.1 Å². The summed E-state index contributed by atoms with van der Waals surface area (Å²) < 4.78 is 34.8. The maximum Gasteiger partial charge on any atom is 0.253 e. The van der Waals surface area contributed by atoms with Crippen molar-refractivity contribution in [2.75, 3.05) is 24.4 Å². The summed E-state index contributed by atoms with van der Waals surface area (Å²) in [5, 5.41) is 2.94. The Hall–Kier alpha value is -2.45. The Bertz CT molecular complexity index is 962. The van der Waals surface area contributed by atoms with Gasteiger partial charge in [0.05, 0.1) is 22.5 Å². The lowest BCUT2D eigenvalue weighted by Gasteiger charge is -2.17. The van der Waals surface area contributed by atoms with Crippen molar-refractivity contribution >= 4 is 33.2 Å². The minimum Gasteiger partial charge on any atom is -0.454 e. The molecule has 0 unspecified atom stereocenters. The maximum absolute atomic E-state index is 12.4. The number of benzene rings is 2. The highest BCUT2D eigenvalue weighted by molar-refractivity contribution is 7.92. The SMILES string of the molecule is CN(c1ccc(C(=O)NCc2ccc3c(c2)OCO3)c(Cl)c1)S(C)(=O)=O. The number of rotatable bonds is 5. The molecular weight excluding hydrogens is 380 g/mol. The molecule has 138 valence electrons. The van der Waals surface area contributed by atoms with Crippen LogP contribution in [0.25, 0.3) is 0 Å². The molecule has 0 radical (unpaired) electrons. The van der Waals surface area contributed by atoms with Crippen molar-refractivity contribution < 1.29 is 22.7 Å². The van der Waals surface area contributed by atoms with E-state index in [1.54, 1.807) is 12.1 Å². The van der Waals surface area contributed by atoms with Gasteiger partial charge in [-0.15, -0.1) is 0 Å². The number of sulfonamides is 1. The molecule has 2 aromatic carbocycles. The number of anilines is 1. The Kier molecular flexibility index (Phi) is 4.97. The number of hydrogen-bond acceptors (Lipinski definition) is 5. The zero-order chi connectivity index (χ0) is 18.9. The molecule has 0 atom stereocenters. The van der Waals surface area contributed by atoms with Gasteiger partial charge in [-0.2, -0.15) is 0 Å². The molecule has 0 aromatic heterocycles. The summed E-state index contributed by atoms with van der Waals surface area (Å²) in [6.45, 7) is 0.478. The van der Waals surface area contributed by atoms with Gasteiger partial charge in [0.15, 0.2) is 11.5 Å². The van der Waals surface area contributed by atoms with Gasteiger partial charge in [0.2, 0.25) is 16.8 Å². The topological polar surface area (TPSA) is 84.9 Å². The van der Waals surface area contributed by atoms with Gasteiger partial charge in [0, 0.05) is 13.6 Å². The smallest absolute Gasteiger partial charge is 0.253 e. The standard InChI is InChI=1S/C17H17ClN2O5S/c1-20(26(2,22)23)12-4-5-13(14(18)8-12)17(21)19-9-11-3-6-15-16(7-11)25-10-24-15/h3-8H,9-10H2,1-2H3,(H,19,21). The Morgan fingerprint density at radius 1 is 1.19 bits per heavy atom. The molecule has 26 heavy (non-hydrogen) atoms. The van der Waals surface area contributed by atoms with Gasteiger partial charge >= 0.3 is 0 Å². The molecule has 1 amide bonds. The Morgan fingerprint density at radius 2 is 1.92 bits per heavy atom. The fraction of sp³-hybridized carbons (Fsp3) is 0.235. The summed E-state index contributed by atoms with van der Waals surface area (Å²) in [5.74, 6) is 0.956. The number of ether oxygens (including phenoxy) is 2.